The molecule has 1 atom stereocenters. The van der Waals surface area contributed by atoms with E-state index in [1.807, 2.05) is 0 Å². The maximum Gasteiger partial charge on any atom is 0.000445 e. The monoisotopic (exact) mass is 455 g/mol. The van der Waals surface area contributed by atoms with Gasteiger partial charge >= 0.3 is 0 Å². The second-order valence-corrected chi connectivity index (χ2v) is 11.8. The molecule has 196 valence electrons. The molecule has 2 heteroatoms. The Kier molecular flexibility index (Phi) is 24.2. The lowest BCUT2D eigenvalue weighted by Gasteiger charge is -2.26. The smallest absolute Gasteiger partial charge is 0.000445 e. The van der Waals surface area contributed by atoms with E-state index in [9.17, 15) is 0 Å². The summed E-state index contributed by atoms with van der Waals surface area (Å²) in [4.78, 5) is 4.78. The van der Waals surface area contributed by atoms with Gasteiger partial charge in [-0.05, 0) is 82.6 Å². The molecule has 2 heterocycles. The SMILES string of the molecule is CC1CCC(C)CC1.CC1CCN(C)C1.CC1CCN(C)CC1.CCC(C)C.CCCC. The van der Waals surface area contributed by atoms with Gasteiger partial charge in [-0.3, -0.25) is 0 Å². The van der Waals surface area contributed by atoms with Gasteiger partial charge in [-0.1, -0.05) is 107 Å². The first kappa shape index (κ1) is 34.1. The Balaban J connectivity index is 0. The fraction of sp³-hybridized carbons (Fsp3) is 1.00. The van der Waals surface area contributed by atoms with E-state index in [-0.39, 0.29) is 0 Å². The highest BCUT2D eigenvalue weighted by Gasteiger charge is 2.14. The number of likely N-dealkylation sites (tertiary alicyclic amines) is 2. The predicted octanol–water partition coefficient (Wildman–Crippen LogP) is 9.00. The van der Waals surface area contributed by atoms with Gasteiger partial charge in [0, 0.05) is 6.54 Å². The molecule has 2 nitrogen and oxygen atoms in total. The van der Waals surface area contributed by atoms with E-state index in [1.54, 1.807) is 0 Å². The largest absolute Gasteiger partial charge is 0.306 e. The normalized spacial score (nSPS) is 26.4. The number of nitrogens with zero attached hydrogens (tertiary/aromatic N) is 2. The molecule has 2 saturated heterocycles. The maximum atomic E-state index is 2.40. The van der Waals surface area contributed by atoms with Crippen LogP contribution in [0.2, 0.25) is 0 Å². The van der Waals surface area contributed by atoms with Crippen LogP contribution in [0, 0.1) is 29.6 Å². The van der Waals surface area contributed by atoms with Gasteiger partial charge < -0.3 is 9.80 Å². The number of rotatable bonds is 2. The number of unbranched alkanes of at least 4 members (excludes halogenated alkanes) is 1. The van der Waals surface area contributed by atoms with Crippen LogP contribution in [0.5, 0.6) is 0 Å². The molecule has 2 aliphatic heterocycles. The third-order valence-corrected chi connectivity index (χ3v) is 7.26. The molecular formula is C30H66N2. The van der Waals surface area contributed by atoms with Crippen LogP contribution in [0.25, 0.3) is 0 Å². The van der Waals surface area contributed by atoms with E-state index in [4.69, 9.17) is 0 Å². The molecule has 0 aromatic rings. The molecule has 0 N–H and O–H groups in total. The lowest BCUT2D eigenvalue weighted by molar-refractivity contribution is 0.230. The highest BCUT2D eigenvalue weighted by atomic mass is 15.1. The first-order valence-corrected chi connectivity index (χ1v) is 14.4. The number of hydrogen-bond donors (Lipinski definition) is 0. The summed E-state index contributed by atoms with van der Waals surface area (Å²) in [5, 5.41) is 0. The predicted molar refractivity (Wildman–Crippen MR) is 150 cm³/mol. The highest BCUT2D eigenvalue weighted by Crippen LogP contribution is 2.27. The van der Waals surface area contributed by atoms with Crippen LogP contribution >= 0.6 is 0 Å². The van der Waals surface area contributed by atoms with Crippen LogP contribution in [0.1, 0.15) is 127 Å². The van der Waals surface area contributed by atoms with Crippen molar-refractivity contribution in [2.75, 3.05) is 40.3 Å². The lowest BCUT2D eigenvalue weighted by Crippen LogP contribution is -2.28. The van der Waals surface area contributed by atoms with Gasteiger partial charge in [0.2, 0.25) is 0 Å². The zero-order chi connectivity index (χ0) is 24.9. The number of hydrogen-bond acceptors (Lipinski definition) is 2. The molecule has 3 aliphatic rings. The lowest BCUT2D eigenvalue weighted by atomic mass is 9.84. The van der Waals surface area contributed by atoms with Crippen molar-refractivity contribution in [3.8, 4) is 0 Å². The van der Waals surface area contributed by atoms with E-state index in [2.05, 4.69) is 86.2 Å². The minimum Gasteiger partial charge on any atom is -0.306 e. The second kappa shape index (κ2) is 22.7. The Morgan fingerprint density at radius 1 is 0.562 bits per heavy atom. The Morgan fingerprint density at radius 3 is 1.06 bits per heavy atom. The van der Waals surface area contributed by atoms with Gasteiger partial charge in [0.1, 0.15) is 0 Å². The fourth-order valence-electron chi connectivity index (χ4n) is 3.72. The molecular weight excluding hydrogens is 388 g/mol. The molecule has 32 heavy (non-hydrogen) atoms. The molecule has 3 fully saturated rings. The minimum atomic E-state index is 0.884. The molecule has 0 bridgehead atoms. The Hall–Kier alpha value is -0.0800. The van der Waals surface area contributed by atoms with Gasteiger partial charge in [0.05, 0.1) is 0 Å². The van der Waals surface area contributed by atoms with Crippen molar-refractivity contribution in [3.63, 3.8) is 0 Å². The van der Waals surface area contributed by atoms with Crippen molar-refractivity contribution >= 4 is 0 Å². The van der Waals surface area contributed by atoms with Gasteiger partial charge in [-0.25, -0.2) is 0 Å². The van der Waals surface area contributed by atoms with Crippen LogP contribution in [0.15, 0.2) is 0 Å². The fourth-order valence-corrected chi connectivity index (χ4v) is 3.72. The molecule has 3 rings (SSSR count). The standard InChI is InChI=1S/C8H16.C7H15N.C6H13N.C5H12.C4H10/c2*1-7-3-5-8(2)6-4-7;1-6-3-4-7(2)5-6;1-4-5(2)3;1-3-4-2/h7-8H,3-6H2,1-2H3;7H,3-6H2,1-2H3;6H,3-5H2,1-2H3;5H,4H2,1-3H3;3-4H2,1-2H3. The molecule has 1 aliphatic carbocycles. The van der Waals surface area contributed by atoms with Gasteiger partial charge in [0.25, 0.3) is 0 Å². The van der Waals surface area contributed by atoms with Gasteiger partial charge in [-0.2, -0.15) is 0 Å². The third-order valence-electron chi connectivity index (χ3n) is 7.26. The molecule has 0 aromatic carbocycles. The summed E-state index contributed by atoms with van der Waals surface area (Å²) in [6, 6.07) is 0. The van der Waals surface area contributed by atoms with Gasteiger partial charge in [0.15, 0.2) is 0 Å². The first-order valence-electron chi connectivity index (χ1n) is 14.4. The number of piperidine rings is 1. The van der Waals surface area contributed by atoms with Crippen LogP contribution in [0.4, 0.5) is 0 Å². The summed E-state index contributed by atoms with van der Waals surface area (Å²) >= 11 is 0. The summed E-state index contributed by atoms with van der Waals surface area (Å²) in [5.74, 6) is 4.85. The van der Waals surface area contributed by atoms with Gasteiger partial charge in [-0.15, -0.1) is 0 Å². The van der Waals surface area contributed by atoms with Crippen LogP contribution in [0.3, 0.4) is 0 Å². The molecule has 0 amide bonds. The Morgan fingerprint density at radius 2 is 0.875 bits per heavy atom. The van der Waals surface area contributed by atoms with E-state index in [0.717, 1.165) is 29.6 Å². The van der Waals surface area contributed by atoms with E-state index >= 15 is 0 Å². The first-order chi connectivity index (χ1) is 15.0. The summed E-state index contributed by atoms with van der Waals surface area (Å²) in [6.45, 7) is 25.6. The molecule has 0 aromatic heterocycles. The van der Waals surface area contributed by atoms with Crippen molar-refractivity contribution in [2.24, 2.45) is 29.6 Å². The zero-order valence-electron chi connectivity index (χ0n) is 24.7. The third kappa shape index (κ3) is 24.6. The van der Waals surface area contributed by atoms with E-state index < -0.39 is 0 Å². The van der Waals surface area contributed by atoms with E-state index in [1.165, 1.54) is 90.4 Å². The van der Waals surface area contributed by atoms with Crippen LogP contribution < -0.4 is 0 Å². The quantitative estimate of drug-likeness (QED) is 0.410. The summed E-state index contributed by atoms with van der Waals surface area (Å²) in [7, 11) is 4.38. The van der Waals surface area contributed by atoms with Crippen molar-refractivity contribution in [2.45, 2.75) is 127 Å². The van der Waals surface area contributed by atoms with Crippen molar-refractivity contribution < 1.29 is 0 Å². The van der Waals surface area contributed by atoms with E-state index in [0.29, 0.717) is 0 Å². The second-order valence-electron chi connectivity index (χ2n) is 11.8. The van der Waals surface area contributed by atoms with Crippen LogP contribution in [-0.4, -0.2) is 50.1 Å². The highest BCUT2D eigenvalue weighted by molar-refractivity contribution is 4.68. The average molecular weight is 455 g/mol. The molecule has 0 radical (unpaired) electrons. The summed E-state index contributed by atoms with van der Waals surface area (Å²) in [5.41, 5.74) is 0. The van der Waals surface area contributed by atoms with Crippen LogP contribution in [-0.2, 0) is 0 Å². The zero-order valence-corrected chi connectivity index (χ0v) is 24.7. The Labute approximate surface area is 206 Å². The Bertz CT molecular complexity index is 302. The molecule has 1 saturated carbocycles. The maximum absolute atomic E-state index is 2.40. The topological polar surface area (TPSA) is 6.48 Å². The minimum absolute atomic E-state index is 0.884. The van der Waals surface area contributed by atoms with Crippen molar-refractivity contribution in [3.05, 3.63) is 0 Å². The average Bonchev–Trinajstić information content (AvgIpc) is 3.16. The van der Waals surface area contributed by atoms with Crippen molar-refractivity contribution in [1.29, 1.82) is 0 Å². The summed E-state index contributed by atoms with van der Waals surface area (Å²) in [6.07, 6.45) is 14.0. The summed E-state index contributed by atoms with van der Waals surface area (Å²) < 4.78 is 0. The van der Waals surface area contributed by atoms with Crippen molar-refractivity contribution in [1.82, 2.24) is 9.80 Å². The molecule has 0 spiro atoms. The molecule has 1 unspecified atom stereocenters.